The molecule has 222 valence electrons. The summed E-state index contributed by atoms with van der Waals surface area (Å²) in [6.45, 7) is 11.0. The Bertz CT molecular complexity index is 1250. The fraction of sp³-hybridized carbons (Fsp3) is 0.455. The number of carbonyl (C=O) groups is 2. The summed E-state index contributed by atoms with van der Waals surface area (Å²) in [5, 5.41) is 42.2. The number of hydrogen-bond acceptors (Lipinski definition) is 6. The van der Waals surface area contributed by atoms with Crippen molar-refractivity contribution in [3.8, 4) is 0 Å². The minimum Gasteiger partial charge on any atom is -0.479 e. The molecule has 3 rings (SSSR count). The summed E-state index contributed by atoms with van der Waals surface area (Å²) in [4.78, 5) is 23.7. The van der Waals surface area contributed by atoms with Crippen molar-refractivity contribution in [1.29, 1.82) is 0 Å². The van der Waals surface area contributed by atoms with E-state index in [1.807, 2.05) is 25.2 Å². The maximum atomic E-state index is 12.4. The number of carboxylic acids is 1. The van der Waals surface area contributed by atoms with Gasteiger partial charge in [0, 0.05) is 12.6 Å². The zero-order chi connectivity index (χ0) is 30.3. The highest BCUT2D eigenvalue weighted by Gasteiger charge is 2.47. The largest absolute Gasteiger partial charge is 0.479 e. The molecule has 8 nitrogen and oxygen atoms in total. The molecule has 1 aromatic carbocycles. The van der Waals surface area contributed by atoms with Gasteiger partial charge in [-0.25, -0.2) is 4.79 Å². The summed E-state index contributed by atoms with van der Waals surface area (Å²) in [6, 6.07) is 6.67. The Morgan fingerprint density at radius 2 is 1.71 bits per heavy atom. The molecule has 5 N–H and O–H groups in total. The molecule has 1 saturated heterocycles. The highest BCUT2D eigenvalue weighted by atomic mass is 16.6. The van der Waals surface area contributed by atoms with Crippen LogP contribution in [0.3, 0.4) is 0 Å². The minimum atomic E-state index is -1.74. The summed E-state index contributed by atoms with van der Waals surface area (Å²) in [5.41, 5.74) is 6.24. The van der Waals surface area contributed by atoms with Crippen LogP contribution in [0.1, 0.15) is 71.1 Å². The first kappa shape index (κ1) is 32.2. The Balaban J connectivity index is 1.53. The second-order valence-corrected chi connectivity index (χ2v) is 11.7. The van der Waals surface area contributed by atoms with E-state index in [1.165, 1.54) is 30.1 Å². The van der Waals surface area contributed by atoms with Crippen molar-refractivity contribution in [1.82, 2.24) is 5.32 Å². The van der Waals surface area contributed by atoms with Crippen LogP contribution in [-0.2, 0) is 20.9 Å². The van der Waals surface area contributed by atoms with Gasteiger partial charge in [-0.15, -0.1) is 0 Å². The molecule has 0 bridgehead atoms. The van der Waals surface area contributed by atoms with E-state index in [-0.39, 0.29) is 17.9 Å². The average molecular weight is 566 g/mol. The number of benzene rings is 1. The van der Waals surface area contributed by atoms with Crippen LogP contribution in [-0.4, -0.2) is 56.7 Å². The smallest absolute Gasteiger partial charge is 0.335 e. The number of aliphatic hydroxyl groups excluding tert-OH is 3. The number of ether oxygens (including phenoxy) is 1. The fourth-order valence-electron chi connectivity index (χ4n) is 5.31. The first-order valence-corrected chi connectivity index (χ1v) is 14.0. The monoisotopic (exact) mass is 565 g/mol. The van der Waals surface area contributed by atoms with Gasteiger partial charge >= 0.3 is 5.97 Å². The van der Waals surface area contributed by atoms with E-state index >= 15 is 0 Å². The predicted molar refractivity (Wildman–Crippen MR) is 158 cm³/mol. The molecular formula is C33H43NO7. The van der Waals surface area contributed by atoms with Gasteiger partial charge in [0.1, 0.15) is 24.4 Å². The fourth-order valence-corrected chi connectivity index (χ4v) is 5.31. The minimum absolute atomic E-state index is 0.204. The van der Waals surface area contributed by atoms with Crippen LogP contribution in [0.25, 0.3) is 0 Å². The summed E-state index contributed by atoms with van der Waals surface area (Å²) >= 11 is 0. The van der Waals surface area contributed by atoms with E-state index in [0.717, 1.165) is 23.1 Å². The molecule has 5 atom stereocenters. The normalized spacial score (nSPS) is 27.5. The van der Waals surface area contributed by atoms with Gasteiger partial charge in [-0.05, 0) is 67.7 Å². The van der Waals surface area contributed by atoms with Crippen molar-refractivity contribution in [3.05, 3.63) is 94.1 Å². The molecule has 0 radical (unpaired) electrons. The maximum absolute atomic E-state index is 12.4. The highest BCUT2D eigenvalue weighted by Crippen LogP contribution is 2.40. The van der Waals surface area contributed by atoms with Crippen molar-refractivity contribution in [2.24, 2.45) is 5.41 Å². The van der Waals surface area contributed by atoms with Gasteiger partial charge in [0.05, 0.1) is 0 Å². The summed E-state index contributed by atoms with van der Waals surface area (Å²) in [5.74, 6) is -1.67. The lowest BCUT2D eigenvalue weighted by Crippen LogP contribution is -2.56. The molecule has 1 aliphatic carbocycles. The number of carbonyl (C=O) groups excluding carboxylic acids is 1. The van der Waals surface area contributed by atoms with Gasteiger partial charge in [0.15, 0.2) is 6.10 Å². The quantitative estimate of drug-likeness (QED) is 0.221. The molecule has 1 fully saturated rings. The highest BCUT2D eigenvalue weighted by molar-refractivity contribution is 5.88. The van der Waals surface area contributed by atoms with Gasteiger partial charge in [-0.1, -0.05) is 79.6 Å². The Morgan fingerprint density at radius 3 is 2.34 bits per heavy atom. The number of nitrogens with one attached hydrogen (secondary N) is 1. The third-order valence-corrected chi connectivity index (χ3v) is 7.76. The molecule has 0 spiro atoms. The molecule has 41 heavy (non-hydrogen) atoms. The first-order chi connectivity index (χ1) is 19.3. The van der Waals surface area contributed by atoms with Crippen molar-refractivity contribution in [2.75, 3.05) is 0 Å². The molecule has 0 saturated carbocycles. The van der Waals surface area contributed by atoms with Gasteiger partial charge in [-0.3, -0.25) is 4.79 Å². The zero-order valence-electron chi connectivity index (χ0n) is 24.5. The number of amides is 1. The van der Waals surface area contributed by atoms with E-state index in [0.29, 0.717) is 5.56 Å². The van der Waals surface area contributed by atoms with Gasteiger partial charge in [0.25, 0.3) is 0 Å². The van der Waals surface area contributed by atoms with Crippen LogP contribution in [0.2, 0.25) is 0 Å². The number of carboxylic acid groups (broad SMARTS) is 1. The number of hydrogen-bond donors (Lipinski definition) is 5. The number of allylic oxidation sites excluding steroid dienone is 9. The van der Waals surface area contributed by atoms with Crippen molar-refractivity contribution in [2.45, 2.75) is 90.9 Å². The molecule has 2 aliphatic rings. The van der Waals surface area contributed by atoms with Crippen molar-refractivity contribution >= 4 is 11.9 Å². The van der Waals surface area contributed by atoms with E-state index in [2.05, 4.69) is 45.2 Å². The lowest BCUT2D eigenvalue weighted by Gasteiger charge is -2.39. The van der Waals surface area contributed by atoms with Crippen molar-refractivity contribution in [3.63, 3.8) is 0 Å². The Morgan fingerprint density at radius 1 is 1.02 bits per heavy atom. The van der Waals surface area contributed by atoms with E-state index < -0.39 is 36.5 Å². The van der Waals surface area contributed by atoms with Gasteiger partial charge < -0.3 is 30.5 Å². The lowest BCUT2D eigenvalue weighted by atomic mass is 9.72. The predicted octanol–water partition coefficient (Wildman–Crippen LogP) is 4.44. The third kappa shape index (κ3) is 8.60. The van der Waals surface area contributed by atoms with Gasteiger partial charge in [0.2, 0.25) is 5.91 Å². The van der Waals surface area contributed by atoms with E-state index in [1.54, 1.807) is 24.3 Å². The van der Waals surface area contributed by atoms with Crippen molar-refractivity contribution < 1.29 is 34.8 Å². The van der Waals surface area contributed by atoms with Crippen LogP contribution >= 0.6 is 0 Å². The SMILES string of the molecule is CC1=C(/C=C/C(C)=C/C=C/C(C)=C/C(=O)NCc2ccc([C@@H]3O[C@H](C(=O)O)[C@@H](O)[C@H](O)[C@H]3O)cc2)C(C)(C)CCC1. The van der Waals surface area contributed by atoms with Crippen LogP contribution in [0.5, 0.6) is 0 Å². The average Bonchev–Trinajstić information content (AvgIpc) is 2.90. The first-order valence-electron chi connectivity index (χ1n) is 14.0. The molecular weight excluding hydrogens is 522 g/mol. The Kier molecular flexibility index (Phi) is 11.0. The van der Waals surface area contributed by atoms with E-state index in [9.17, 15) is 30.0 Å². The topological polar surface area (TPSA) is 136 Å². The number of rotatable bonds is 9. The molecule has 1 aliphatic heterocycles. The van der Waals surface area contributed by atoms with E-state index in [4.69, 9.17) is 4.74 Å². The summed E-state index contributed by atoms with van der Waals surface area (Å²) in [7, 11) is 0. The Hall–Kier alpha value is -3.30. The molecule has 1 amide bonds. The van der Waals surface area contributed by atoms with Crippen LogP contribution in [0.15, 0.2) is 83.0 Å². The second kappa shape index (κ2) is 14.0. The van der Waals surface area contributed by atoms with Gasteiger partial charge in [-0.2, -0.15) is 0 Å². The van der Waals surface area contributed by atoms with Crippen LogP contribution in [0.4, 0.5) is 0 Å². The molecule has 8 heteroatoms. The molecule has 1 aromatic rings. The Labute approximate surface area is 242 Å². The standard InChI is InChI=1S/C33H43NO7/c1-20(11-16-25-22(3)10-7-17-33(25,4)5)8-6-9-21(2)18-26(35)34-19-23-12-14-24(15-13-23)30-28(37)27(36)29(38)31(41-30)32(39)40/h6,8-9,11-16,18,27-31,36-38H,7,10,17,19H2,1-5H3,(H,34,35)(H,39,40)/b9-6+,16-11+,20-8+,21-18+/t27-,28-,29+,30+,31+/m1/s1. The lowest BCUT2D eigenvalue weighted by molar-refractivity contribution is -0.229. The molecule has 0 unspecified atom stereocenters. The third-order valence-electron chi connectivity index (χ3n) is 7.76. The maximum Gasteiger partial charge on any atom is 0.335 e. The molecule has 1 heterocycles. The second-order valence-electron chi connectivity index (χ2n) is 11.7. The molecule has 0 aromatic heterocycles. The summed E-state index contributed by atoms with van der Waals surface area (Å²) in [6.07, 6.45) is 7.67. The number of aliphatic carboxylic acids is 1. The number of aliphatic hydroxyl groups is 3. The van der Waals surface area contributed by atoms with Crippen LogP contribution in [0, 0.1) is 5.41 Å². The zero-order valence-corrected chi connectivity index (χ0v) is 24.5. The summed E-state index contributed by atoms with van der Waals surface area (Å²) < 4.78 is 5.36. The van der Waals surface area contributed by atoms with Crippen LogP contribution < -0.4 is 5.32 Å².